The highest BCUT2D eigenvalue weighted by atomic mass is 35.5. The van der Waals surface area contributed by atoms with Gasteiger partial charge in [-0.25, -0.2) is 9.79 Å². The minimum Gasteiger partial charge on any atom is -0.476 e. The number of carboxylic acid groups (broad SMARTS) is 1. The van der Waals surface area contributed by atoms with Gasteiger partial charge in [-0.05, 0) is 12.1 Å². The van der Waals surface area contributed by atoms with E-state index in [4.69, 9.17) is 28.2 Å². The summed E-state index contributed by atoms with van der Waals surface area (Å²) in [7, 11) is 0. The molecule has 0 aliphatic heterocycles. The highest BCUT2D eigenvalue weighted by Crippen LogP contribution is 2.14. The predicted molar refractivity (Wildman–Crippen MR) is 69.6 cm³/mol. The Morgan fingerprint density at radius 2 is 2.11 bits per heavy atom. The molecule has 1 aromatic rings. The molecule has 1 rings (SSSR count). The molecule has 0 aliphatic carbocycles. The molecular formula is C11H11ClN4O2. The largest absolute Gasteiger partial charge is 0.476 e. The van der Waals surface area contributed by atoms with Crippen molar-refractivity contribution in [3.05, 3.63) is 47.5 Å². The molecule has 0 spiro atoms. The first-order valence-electron chi connectivity index (χ1n) is 4.77. The minimum absolute atomic E-state index is 0.146. The first-order chi connectivity index (χ1) is 8.43. The molecule has 0 fully saturated rings. The monoisotopic (exact) mass is 266 g/mol. The van der Waals surface area contributed by atoms with Crippen LogP contribution in [0.15, 0.2) is 46.8 Å². The van der Waals surface area contributed by atoms with E-state index in [-0.39, 0.29) is 16.6 Å². The summed E-state index contributed by atoms with van der Waals surface area (Å²) in [6.45, 7) is 3.61. The average Bonchev–Trinajstić information content (AvgIpc) is 2.35. The van der Waals surface area contributed by atoms with E-state index in [0.29, 0.717) is 5.69 Å². The van der Waals surface area contributed by atoms with Crippen LogP contribution in [0.4, 0.5) is 0 Å². The number of hydrogen-bond donors (Lipinski definition) is 3. The standard InChI is InChI=1S/C11H11ClN4O2/c1-6(7-4-2-3-5-15-7)16-9(11(17)18)8(12)10(13)14/h2-5H,1,13-14H2,(H,17,18)/b16-9+. The Labute approximate surface area is 108 Å². The Morgan fingerprint density at radius 3 is 2.56 bits per heavy atom. The van der Waals surface area contributed by atoms with Crippen molar-refractivity contribution in [2.75, 3.05) is 0 Å². The highest BCUT2D eigenvalue weighted by Gasteiger charge is 2.17. The van der Waals surface area contributed by atoms with Crippen molar-refractivity contribution >= 4 is 29.0 Å². The molecule has 0 amide bonds. The topological polar surface area (TPSA) is 115 Å². The van der Waals surface area contributed by atoms with Crippen LogP contribution in [0.3, 0.4) is 0 Å². The Balaban J connectivity index is 3.16. The van der Waals surface area contributed by atoms with E-state index in [2.05, 4.69) is 16.6 Å². The summed E-state index contributed by atoms with van der Waals surface area (Å²) in [5, 5.41) is 8.63. The van der Waals surface area contributed by atoms with Gasteiger partial charge in [0, 0.05) is 6.20 Å². The molecule has 0 aromatic carbocycles. The van der Waals surface area contributed by atoms with Crippen LogP contribution in [0.1, 0.15) is 5.69 Å². The van der Waals surface area contributed by atoms with Gasteiger partial charge in [0.05, 0.1) is 11.4 Å². The smallest absolute Gasteiger partial charge is 0.356 e. The molecule has 5 N–H and O–H groups in total. The number of aliphatic carboxylic acids is 1. The van der Waals surface area contributed by atoms with E-state index < -0.39 is 11.7 Å². The number of carbonyl (C=O) groups is 1. The Hall–Kier alpha value is -2.34. The van der Waals surface area contributed by atoms with Crippen LogP contribution in [-0.2, 0) is 4.79 Å². The third-order valence-electron chi connectivity index (χ3n) is 1.87. The summed E-state index contributed by atoms with van der Waals surface area (Å²) < 4.78 is 0. The summed E-state index contributed by atoms with van der Waals surface area (Å²) in [4.78, 5) is 18.7. The summed E-state index contributed by atoms with van der Waals surface area (Å²) in [5.74, 6) is -1.68. The van der Waals surface area contributed by atoms with E-state index >= 15 is 0 Å². The van der Waals surface area contributed by atoms with Gasteiger partial charge in [-0.2, -0.15) is 0 Å². The van der Waals surface area contributed by atoms with Crippen LogP contribution in [-0.4, -0.2) is 21.8 Å². The fourth-order valence-corrected chi connectivity index (χ4v) is 1.18. The number of halogens is 1. The molecule has 6 nitrogen and oxygen atoms in total. The Kier molecular flexibility index (Phi) is 4.45. The van der Waals surface area contributed by atoms with Crippen LogP contribution in [0, 0.1) is 0 Å². The van der Waals surface area contributed by atoms with Gasteiger partial charge in [0.2, 0.25) is 0 Å². The van der Waals surface area contributed by atoms with Gasteiger partial charge in [-0.15, -0.1) is 0 Å². The molecule has 18 heavy (non-hydrogen) atoms. The molecule has 94 valence electrons. The summed E-state index contributed by atoms with van der Waals surface area (Å²) in [5.41, 5.74) is 10.5. The lowest BCUT2D eigenvalue weighted by atomic mass is 10.3. The lowest BCUT2D eigenvalue weighted by Gasteiger charge is -2.03. The molecule has 0 bridgehead atoms. The van der Waals surface area contributed by atoms with Gasteiger partial charge in [0.1, 0.15) is 10.9 Å². The number of pyridine rings is 1. The van der Waals surface area contributed by atoms with E-state index in [1.165, 1.54) is 6.20 Å². The maximum absolute atomic E-state index is 11.0. The summed E-state index contributed by atoms with van der Waals surface area (Å²) in [6, 6.07) is 5.07. The van der Waals surface area contributed by atoms with Gasteiger partial charge in [-0.3, -0.25) is 4.98 Å². The van der Waals surface area contributed by atoms with Crippen molar-refractivity contribution in [3.63, 3.8) is 0 Å². The first kappa shape index (κ1) is 13.7. The van der Waals surface area contributed by atoms with Crippen LogP contribution < -0.4 is 11.5 Å². The maximum Gasteiger partial charge on any atom is 0.356 e. The SMILES string of the molecule is C=C(/N=C(/C(=O)O)C(Cl)=C(N)N)c1ccccn1. The van der Waals surface area contributed by atoms with E-state index in [9.17, 15) is 4.79 Å². The molecule has 7 heteroatoms. The number of aromatic nitrogens is 1. The molecule has 1 aromatic heterocycles. The van der Waals surface area contributed by atoms with Crippen LogP contribution >= 0.6 is 11.6 Å². The maximum atomic E-state index is 11.0. The zero-order valence-electron chi connectivity index (χ0n) is 9.30. The second-order valence-corrected chi connectivity index (χ2v) is 3.57. The van der Waals surface area contributed by atoms with Crippen molar-refractivity contribution in [1.82, 2.24) is 4.98 Å². The van der Waals surface area contributed by atoms with Gasteiger partial charge in [0.15, 0.2) is 5.71 Å². The van der Waals surface area contributed by atoms with Crippen molar-refractivity contribution in [2.24, 2.45) is 16.5 Å². The molecule has 0 radical (unpaired) electrons. The van der Waals surface area contributed by atoms with Crippen molar-refractivity contribution in [3.8, 4) is 0 Å². The van der Waals surface area contributed by atoms with Gasteiger partial charge < -0.3 is 16.6 Å². The van der Waals surface area contributed by atoms with Gasteiger partial charge in [-0.1, -0.05) is 24.2 Å². The molecule has 0 aliphatic rings. The zero-order valence-corrected chi connectivity index (χ0v) is 10.1. The van der Waals surface area contributed by atoms with Crippen molar-refractivity contribution in [1.29, 1.82) is 0 Å². The van der Waals surface area contributed by atoms with E-state index in [0.717, 1.165) is 0 Å². The number of aliphatic imine (C=N–C) groups is 1. The lowest BCUT2D eigenvalue weighted by Crippen LogP contribution is -2.20. The van der Waals surface area contributed by atoms with Crippen LogP contribution in [0.2, 0.25) is 0 Å². The molecule has 1 heterocycles. The fraction of sp³-hybridized carbons (Fsp3) is 0. The predicted octanol–water partition coefficient (Wildman–Crippen LogP) is 0.903. The van der Waals surface area contributed by atoms with Crippen molar-refractivity contribution < 1.29 is 9.90 Å². The lowest BCUT2D eigenvalue weighted by molar-refractivity contribution is -0.129. The fourth-order valence-electron chi connectivity index (χ4n) is 1.05. The summed E-state index contributed by atoms with van der Waals surface area (Å²) in [6.07, 6.45) is 1.53. The first-order valence-corrected chi connectivity index (χ1v) is 5.14. The summed E-state index contributed by atoms with van der Waals surface area (Å²) >= 11 is 5.66. The molecule has 0 saturated heterocycles. The number of nitrogens with two attached hydrogens (primary N) is 2. The number of carboxylic acids is 1. The third-order valence-corrected chi connectivity index (χ3v) is 2.27. The van der Waals surface area contributed by atoms with Crippen LogP contribution in [0.25, 0.3) is 5.70 Å². The molecule has 0 atom stereocenters. The molecular weight excluding hydrogens is 256 g/mol. The number of nitrogens with zero attached hydrogens (tertiary/aromatic N) is 2. The zero-order chi connectivity index (χ0) is 13.7. The minimum atomic E-state index is -1.36. The highest BCUT2D eigenvalue weighted by molar-refractivity contribution is 6.58. The third kappa shape index (κ3) is 3.33. The van der Waals surface area contributed by atoms with E-state index in [1.807, 2.05) is 0 Å². The van der Waals surface area contributed by atoms with Crippen LogP contribution in [0.5, 0.6) is 0 Å². The quantitative estimate of drug-likeness (QED) is 0.701. The number of hydrogen-bond acceptors (Lipinski definition) is 5. The van der Waals surface area contributed by atoms with Crippen molar-refractivity contribution in [2.45, 2.75) is 0 Å². The van der Waals surface area contributed by atoms with Gasteiger partial charge in [0.25, 0.3) is 0 Å². The second-order valence-electron chi connectivity index (χ2n) is 3.20. The Morgan fingerprint density at radius 1 is 1.44 bits per heavy atom. The number of rotatable bonds is 4. The van der Waals surface area contributed by atoms with Gasteiger partial charge >= 0.3 is 5.97 Å². The second kappa shape index (κ2) is 5.83. The average molecular weight is 267 g/mol. The Bertz CT molecular complexity index is 533. The molecule has 0 saturated carbocycles. The normalized spacial score (nSPS) is 10.8. The van der Waals surface area contributed by atoms with E-state index in [1.54, 1.807) is 18.2 Å². The molecule has 0 unspecified atom stereocenters.